The Morgan fingerprint density at radius 2 is 2.00 bits per heavy atom. The third kappa shape index (κ3) is 6.83. The number of carbonyl (C=O) groups excluding carboxylic acids is 1. The van der Waals surface area contributed by atoms with Gasteiger partial charge in [-0.25, -0.2) is 9.98 Å². The number of aryl methyl sites for hydroxylation is 1. The quantitative estimate of drug-likeness (QED) is 0.553. The number of carbonyl (C=O) groups is 1. The molecule has 0 spiro atoms. The highest BCUT2D eigenvalue weighted by molar-refractivity contribution is 9.10. The number of aliphatic imine (C=N–C) groups is 1. The second-order valence-corrected chi connectivity index (χ2v) is 7.89. The Bertz CT molecular complexity index is 727. The average Bonchev–Trinajstić information content (AvgIpc) is 3.00. The van der Waals surface area contributed by atoms with Crippen LogP contribution in [0, 0.1) is 6.92 Å². The minimum Gasteiger partial charge on any atom is -0.350 e. The molecule has 0 unspecified atom stereocenters. The Kier molecular flexibility index (Phi) is 7.39. The lowest BCUT2D eigenvalue weighted by Crippen LogP contribution is -2.42. The van der Waals surface area contributed by atoms with E-state index in [1.54, 1.807) is 30.3 Å². The minimum atomic E-state index is -0.0109. The Morgan fingerprint density at radius 3 is 2.60 bits per heavy atom. The number of benzene rings is 1. The minimum absolute atomic E-state index is 0.0109. The molecule has 0 atom stereocenters. The number of nitrogens with one attached hydrogen (secondary N) is 2. The zero-order chi connectivity index (χ0) is 18.2. The van der Waals surface area contributed by atoms with E-state index in [0.717, 1.165) is 15.0 Å². The highest BCUT2D eigenvalue weighted by Crippen LogP contribution is 2.12. The molecular weight excluding hydrogens is 402 g/mol. The summed E-state index contributed by atoms with van der Waals surface area (Å²) in [5, 5.41) is 7.29. The molecule has 0 bridgehead atoms. The lowest BCUT2D eigenvalue weighted by Gasteiger charge is -2.14. The monoisotopic (exact) mass is 423 g/mol. The Hall–Kier alpha value is -1.93. The lowest BCUT2D eigenvalue weighted by molar-refractivity contribution is -0.127. The number of amides is 1. The summed E-state index contributed by atoms with van der Waals surface area (Å²) in [6.07, 6.45) is 1.85. The van der Waals surface area contributed by atoms with Crippen LogP contribution < -0.4 is 10.6 Å². The summed E-state index contributed by atoms with van der Waals surface area (Å²) >= 11 is 5.06. The first-order valence-electron chi connectivity index (χ1n) is 7.82. The van der Waals surface area contributed by atoms with Crippen molar-refractivity contribution in [2.45, 2.75) is 20.0 Å². The molecule has 2 aromatic rings. The van der Waals surface area contributed by atoms with Gasteiger partial charge in [-0.1, -0.05) is 28.1 Å². The average molecular weight is 424 g/mol. The molecule has 0 saturated carbocycles. The third-order valence-corrected chi connectivity index (χ3v) is 4.76. The molecule has 2 N–H and O–H groups in total. The van der Waals surface area contributed by atoms with E-state index in [-0.39, 0.29) is 12.5 Å². The van der Waals surface area contributed by atoms with Gasteiger partial charge in [0.1, 0.15) is 5.01 Å². The maximum absolute atomic E-state index is 11.8. The number of rotatable bonds is 6. The standard InChI is InChI=1S/C17H22BrN5OS/c1-12-8-19-15(25-12)10-21-17(22-11-16(24)23(2)3)20-9-13-4-6-14(18)7-5-13/h4-8H,9-11H2,1-3H3,(H2,20,21,22). The first-order valence-corrected chi connectivity index (χ1v) is 9.43. The van der Waals surface area contributed by atoms with E-state index in [0.29, 0.717) is 19.0 Å². The number of nitrogens with zero attached hydrogens (tertiary/aromatic N) is 3. The molecule has 0 aliphatic heterocycles. The summed E-state index contributed by atoms with van der Waals surface area (Å²) in [5.41, 5.74) is 1.09. The van der Waals surface area contributed by atoms with Crippen LogP contribution in [-0.4, -0.2) is 42.4 Å². The van der Waals surface area contributed by atoms with Gasteiger partial charge in [0.15, 0.2) is 5.96 Å². The topological polar surface area (TPSA) is 69.6 Å². The molecule has 8 heteroatoms. The second-order valence-electron chi connectivity index (χ2n) is 5.65. The van der Waals surface area contributed by atoms with Gasteiger partial charge in [-0.05, 0) is 24.6 Å². The van der Waals surface area contributed by atoms with Crippen LogP contribution in [0.5, 0.6) is 0 Å². The maximum atomic E-state index is 11.8. The molecule has 6 nitrogen and oxygen atoms in total. The first kappa shape index (κ1) is 19.4. The van der Waals surface area contributed by atoms with Crippen molar-refractivity contribution in [2.75, 3.05) is 20.6 Å². The second kappa shape index (κ2) is 9.53. The first-order chi connectivity index (χ1) is 11.9. The highest BCUT2D eigenvalue weighted by atomic mass is 79.9. The van der Waals surface area contributed by atoms with E-state index in [1.165, 1.54) is 4.88 Å². The summed E-state index contributed by atoms with van der Waals surface area (Å²) in [4.78, 5) is 23.4. The molecule has 0 saturated heterocycles. The van der Waals surface area contributed by atoms with Crippen molar-refractivity contribution in [3.63, 3.8) is 0 Å². The number of halogens is 1. The Labute approximate surface area is 160 Å². The van der Waals surface area contributed by atoms with E-state index in [9.17, 15) is 4.79 Å². The Morgan fingerprint density at radius 1 is 1.28 bits per heavy atom. The van der Waals surface area contributed by atoms with Crippen molar-refractivity contribution >= 4 is 39.1 Å². The van der Waals surface area contributed by atoms with Gasteiger partial charge in [0.25, 0.3) is 0 Å². The van der Waals surface area contributed by atoms with E-state index < -0.39 is 0 Å². The molecule has 1 heterocycles. The van der Waals surface area contributed by atoms with Gasteiger partial charge in [0.05, 0.1) is 19.6 Å². The molecular formula is C17H22BrN5OS. The Balaban J connectivity index is 2.00. The van der Waals surface area contributed by atoms with Crippen molar-refractivity contribution in [3.05, 3.63) is 50.4 Å². The molecule has 1 aromatic carbocycles. The van der Waals surface area contributed by atoms with Gasteiger partial charge < -0.3 is 15.5 Å². The van der Waals surface area contributed by atoms with E-state index >= 15 is 0 Å². The van der Waals surface area contributed by atoms with Gasteiger partial charge in [-0.3, -0.25) is 4.79 Å². The fourth-order valence-corrected chi connectivity index (χ4v) is 2.89. The summed E-state index contributed by atoms with van der Waals surface area (Å²) in [5.74, 6) is 0.578. The largest absolute Gasteiger partial charge is 0.350 e. The number of hydrogen-bond donors (Lipinski definition) is 2. The highest BCUT2D eigenvalue weighted by Gasteiger charge is 2.07. The van der Waals surface area contributed by atoms with Crippen LogP contribution in [0.25, 0.3) is 0 Å². The van der Waals surface area contributed by atoms with Crippen LogP contribution in [-0.2, 0) is 17.9 Å². The van der Waals surface area contributed by atoms with Crippen LogP contribution in [0.3, 0.4) is 0 Å². The van der Waals surface area contributed by atoms with E-state index in [1.807, 2.05) is 37.4 Å². The number of aromatic nitrogens is 1. The van der Waals surface area contributed by atoms with Crippen molar-refractivity contribution in [2.24, 2.45) is 4.99 Å². The number of likely N-dealkylation sites (N-methyl/N-ethyl adjacent to an activating group) is 1. The SMILES string of the molecule is Cc1cnc(CNC(=NCc2ccc(Br)cc2)NCC(=O)N(C)C)s1. The summed E-state index contributed by atoms with van der Waals surface area (Å²) < 4.78 is 1.03. The van der Waals surface area contributed by atoms with Gasteiger partial charge >= 0.3 is 0 Å². The molecule has 0 aliphatic carbocycles. The summed E-state index contributed by atoms with van der Waals surface area (Å²) in [7, 11) is 3.46. The molecule has 134 valence electrons. The molecule has 0 aliphatic rings. The molecule has 25 heavy (non-hydrogen) atoms. The van der Waals surface area contributed by atoms with E-state index in [2.05, 4.69) is 36.5 Å². The molecule has 0 fully saturated rings. The smallest absolute Gasteiger partial charge is 0.241 e. The summed E-state index contributed by atoms with van der Waals surface area (Å²) in [6, 6.07) is 8.00. The van der Waals surface area contributed by atoms with Crippen LogP contribution in [0.4, 0.5) is 0 Å². The molecule has 1 amide bonds. The van der Waals surface area contributed by atoms with Crippen LogP contribution in [0.1, 0.15) is 15.4 Å². The molecule has 2 rings (SSSR count). The van der Waals surface area contributed by atoms with Gasteiger partial charge in [0, 0.05) is 29.6 Å². The van der Waals surface area contributed by atoms with Crippen LogP contribution in [0.15, 0.2) is 39.9 Å². The third-order valence-electron chi connectivity index (χ3n) is 3.32. The van der Waals surface area contributed by atoms with Gasteiger partial charge in [0.2, 0.25) is 5.91 Å². The van der Waals surface area contributed by atoms with Crippen molar-refractivity contribution in [1.82, 2.24) is 20.5 Å². The number of thiazole rings is 1. The van der Waals surface area contributed by atoms with Crippen molar-refractivity contribution < 1.29 is 4.79 Å². The molecule has 1 aromatic heterocycles. The fraction of sp³-hybridized carbons (Fsp3) is 0.353. The van der Waals surface area contributed by atoms with Gasteiger partial charge in [-0.2, -0.15) is 0 Å². The predicted octanol–water partition coefficient (Wildman–Crippen LogP) is 2.54. The van der Waals surface area contributed by atoms with Crippen LogP contribution >= 0.6 is 27.3 Å². The zero-order valence-electron chi connectivity index (χ0n) is 14.5. The van der Waals surface area contributed by atoms with Gasteiger partial charge in [-0.15, -0.1) is 11.3 Å². The van der Waals surface area contributed by atoms with Crippen molar-refractivity contribution in [3.8, 4) is 0 Å². The number of hydrogen-bond acceptors (Lipinski definition) is 4. The number of guanidine groups is 1. The maximum Gasteiger partial charge on any atom is 0.241 e. The van der Waals surface area contributed by atoms with Crippen LogP contribution in [0.2, 0.25) is 0 Å². The van der Waals surface area contributed by atoms with E-state index in [4.69, 9.17) is 0 Å². The lowest BCUT2D eigenvalue weighted by atomic mass is 10.2. The zero-order valence-corrected chi connectivity index (χ0v) is 16.9. The fourth-order valence-electron chi connectivity index (χ4n) is 1.89. The summed E-state index contributed by atoms with van der Waals surface area (Å²) in [6.45, 7) is 3.31. The van der Waals surface area contributed by atoms with Crippen molar-refractivity contribution in [1.29, 1.82) is 0 Å². The molecule has 0 radical (unpaired) electrons. The normalized spacial score (nSPS) is 11.3. The predicted molar refractivity (Wildman–Crippen MR) is 106 cm³/mol.